The first kappa shape index (κ1) is 12.1. The number of aryl methyl sites for hydroxylation is 1. The maximum atomic E-state index is 5.46. The summed E-state index contributed by atoms with van der Waals surface area (Å²) < 4.78 is 5.46. The van der Waals surface area contributed by atoms with Crippen molar-refractivity contribution in [3.63, 3.8) is 0 Å². The lowest BCUT2D eigenvalue weighted by atomic mass is 10.1. The van der Waals surface area contributed by atoms with Crippen LogP contribution in [-0.4, -0.2) is 19.7 Å². The normalized spacial score (nSPS) is 12.5. The second kappa shape index (κ2) is 6.46. The Morgan fingerprint density at radius 3 is 2.87 bits per heavy atom. The molecule has 0 aromatic heterocycles. The molecule has 2 heteroatoms. The molecular formula is C13H21NO. The standard InChI is InChI=1S/C13H21NO/c1-4-15-13-7-5-6-12(10-13)9-8-11(2)14-3/h5-7,10-11,14H,4,8-9H2,1-3H3. The van der Waals surface area contributed by atoms with Crippen LogP contribution in [0.5, 0.6) is 5.75 Å². The zero-order valence-electron chi connectivity index (χ0n) is 9.92. The Labute approximate surface area is 92.6 Å². The number of ether oxygens (including phenoxy) is 1. The second-order valence-corrected chi connectivity index (χ2v) is 3.81. The first-order valence-corrected chi connectivity index (χ1v) is 5.65. The number of rotatable bonds is 6. The Kier molecular flexibility index (Phi) is 5.19. The summed E-state index contributed by atoms with van der Waals surface area (Å²) in [6, 6.07) is 8.93. The zero-order chi connectivity index (χ0) is 11.1. The van der Waals surface area contributed by atoms with Gasteiger partial charge in [0.2, 0.25) is 0 Å². The molecule has 1 unspecified atom stereocenters. The molecule has 84 valence electrons. The highest BCUT2D eigenvalue weighted by Gasteiger charge is 2.00. The minimum atomic E-state index is 0.570. The van der Waals surface area contributed by atoms with Crippen LogP contribution in [0.1, 0.15) is 25.8 Å². The molecule has 0 radical (unpaired) electrons. The predicted octanol–water partition coefficient (Wildman–Crippen LogP) is 2.63. The highest BCUT2D eigenvalue weighted by molar-refractivity contribution is 5.28. The minimum absolute atomic E-state index is 0.570. The van der Waals surface area contributed by atoms with Crippen molar-refractivity contribution >= 4 is 0 Å². The van der Waals surface area contributed by atoms with Gasteiger partial charge in [0, 0.05) is 6.04 Å². The van der Waals surface area contributed by atoms with Gasteiger partial charge in [-0.15, -0.1) is 0 Å². The van der Waals surface area contributed by atoms with Gasteiger partial charge in [-0.1, -0.05) is 12.1 Å². The van der Waals surface area contributed by atoms with E-state index in [0.29, 0.717) is 6.04 Å². The molecule has 0 bridgehead atoms. The van der Waals surface area contributed by atoms with E-state index in [0.717, 1.165) is 25.2 Å². The fourth-order valence-corrected chi connectivity index (χ4v) is 1.48. The molecule has 1 aromatic rings. The molecule has 1 N–H and O–H groups in total. The second-order valence-electron chi connectivity index (χ2n) is 3.81. The Balaban J connectivity index is 2.50. The van der Waals surface area contributed by atoms with Gasteiger partial charge in [-0.2, -0.15) is 0 Å². The van der Waals surface area contributed by atoms with E-state index in [9.17, 15) is 0 Å². The third-order valence-electron chi connectivity index (χ3n) is 2.57. The van der Waals surface area contributed by atoms with Gasteiger partial charge in [0.15, 0.2) is 0 Å². The molecule has 0 fully saturated rings. The molecule has 2 nitrogen and oxygen atoms in total. The number of hydrogen-bond acceptors (Lipinski definition) is 2. The molecule has 1 atom stereocenters. The third kappa shape index (κ3) is 4.34. The van der Waals surface area contributed by atoms with Crippen molar-refractivity contribution in [2.45, 2.75) is 32.7 Å². The third-order valence-corrected chi connectivity index (χ3v) is 2.57. The monoisotopic (exact) mass is 207 g/mol. The largest absolute Gasteiger partial charge is 0.494 e. The highest BCUT2D eigenvalue weighted by atomic mass is 16.5. The molecule has 1 rings (SSSR count). The maximum Gasteiger partial charge on any atom is 0.119 e. The van der Waals surface area contributed by atoms with E-state index in [2.05, 4.69) is 30.4 Å². The summed E-state index contributed by atoms with van der Waals surface area (Å²) in [6.45, 7) is 4.94. The molecule has 0 aliphatic carbocycles. The Hall–Kier alpha value is -1.02. The van der Waals surface area contributed by atoms with Gasteiger partial charge >= 0.3 is 0 Å². The highest BCUT2D eigenvalue weighted by Crippen LogP contribution is 2.15. The van der Waals surface area contributed by atoms with Crippen molar-refractivity contribution < 1.29 is 4.74 Å². The quantitative estimate of drug-likeness (QED) is 0.774. The molecule has 0 aliphatic heterocycles. The van der Waals surface area contributed by atoms with Crippen molar-refractivity contribution in [2.75, 3.05) is 13.7 Å². The van der Waals surface area contributed by atoms with Crippen LogP contribution in [-0.2, 0) is 6.42 Å². The fourth-order valence-electron chi connectivity index (χ4n) is 1.48. The molecule has 0 saturated carbocycles. The fraction of sp³-hybridized carbons (Fsp3) is 0.538. The topological polar surface area (TPSA) is 21.3 Å². The van der Waals surface area contributed by atoms with Crippen LogP contribution in [0.2, 0.25) is 0 Å². The molecule has 0 spiro atoms. The van der Waals surface area contributed by atoms with Crippen LogP contribution in [0, 0.1) is 0 Å². The van der Waals surface area contributed by atoms with Gasteiger partial charge in [-0.3, -0.25) is 0 Å². The number of benzene rings is 1. The molecule has 0 amide bonds. The Morgan fingerprint density at radius 1 is 1.40 bits per heavy atom. The summed E-state index contributed by atoms with van der Waals surface area (Å²) in [5.74, 6) is 0.979. The smallest absolute Gasteiger partial charge is 0.119 e. The average molecular weight is 207 g/mol. The average Bonchev–Trinajstić information content (AvgIpc) is 2.27. The summed E-state index contributed by atoms with van der Waals surface area (Å²) in [5.41, 5.74) is 1.35. The Morgan fingerprint density at radius 2 is 2.20 bits per heavy atom. The van der Waals surface area contributed by atoms with E-state index in [4.69, 9.17) is 4.74 Å². The molecule has 0 heterocycles. The van der Waals surface area contributed by atoms with Crippen LogP contribution >= 0.6 is 0 Å². The maximum absolute atomic E-state index is 5.46. The van der Waals surface area contributed by atoms with Gasteiger partial charge in [0.05, 0.1) is 6.61 Å². The van der Waals surface area contributed by atoms with Crippen molar-refractivity contribution in [3.8, 4) is 5.75 Å². The molecule has 15 heavy (non-hydrogen) atoms. The van der Waals surface area contributed by atoms with Crippen molar-refractivity contribution in [1.82, 2.24) is 5.32 Å². The summed E-state index contributed by atoms with van der Waals surface area (Å²) >= 11 is 0. The summed E-state index contributed by atoms with van der Waals surface area (Å²) in [4.78, 5) is 0. The van der Waals surface area contributed by atoms with E-state index in [-0.39, 0.29) is 0 Å². The van der Waals surface area contributed by atoms with Gasteiger partial charge in [-0.25, -0.2) is 0 Å². The number of nitrogens with one attached hydrogen (secondary N) is 1. The van der Waals surface area contributed by atoms with Gasteiger partial charge < -0.3 is 10.1 Å². The molecule has 0 saturated heterocycles. The van der Waals surface area contributed by atoms with Crippen LogP contribution in [0.3, 0.4) is 0 Å². The summed E-state index contributed by atoms with van der Waals surface area (Å²) in [6.07, 6.45) is 2.26. The summed E-state index contributed by atoms with van der Waals surface area (Å²) in [7, 11) is 2.00. The minimum Gasteiger partial charge on any atom is -0.494 e. The SMILES string of the molecule is CCOc1cccc(CCC(C)NC)c1. The number of hydrogen-bond donors (Lipinski definition) is 1. The Bertz CT molecular complexity index is 286. The van der Waals surface area contributed by atoms with Crippen LogP contribution in [0.15, 0.2) is 24.3 Å². The van der Waals surface area contributed by atoms with Crippen LogP contribution in [0.25, 0.3) is 0 Å². The van der Waals surface area contributed by atoms with E-state index in [1.807, 2.05) is 20.0 Å². The van der Waals surface area contributed by atoms with E-state index >= 15 is 0 Å². The van der Waals surface area contributed by atoms with Gasteiger partial charge in [0.1, 0.15) is 5.75 Å². The lowest BCUT2D eigenvalue weighted by Crippen LogP contribution is -2.21. The molecular weight excluding hydrogens is 186 g/mol. The van der Waals surface area contributed by atoms with Gasteiger partial charge in [-0.05, 0) is 51.4 Å². The first-order valence-electron chi connectivity index (χ1n) is 5.65. The predicted molar refractivity (Wildman–Crippen MR) is 64.5 cm³/mol. The van der Waals surface area contributed by atoms with Gasteiger partial charge in [0.25, 0.3) is 0 Å². The lowest BCUT2D eigenvalue weighted by Gasteiger charge is -2.10. The van der Waals surface area contributed by atoms with Crippen LogP contribution < -0.4 is 10.1 Å². The van der Waals surface area contributed by atoms with Crippen molar-refractivity contribution in [3.05, 3.63) is 29.8 Å². The van der Waals surface area contributed by atoms with Crippen molar-refractivity contribution in [2.24, 2.45) is 0 Å². The summed E-state index contributed by atoms with van der Waals surface area (Å²) in [5, 5.41) is 3.24. The van der Waals surface area contributed by atoms with Crippen LogP contribution in [0.4, 0.5) is 0 Å². The lowest BCUT2D eigenvalue weighted by molar-refractivity contribution is 0.340. The van der Waals surface area contributed by atoms with E-state index in [1.54, 1.807) is 0 Å². The van der Waals surface area contributed by atoms with Crippen molar-refractivity contribution in [1.29, 1.82) is 0 Å². The van der Waals surface area contributed by atoms with E-state index in [1.165, 1.54) is 5.56 Å². The van der Waals surface area contributed by atoms with E-state index < -0.39 is 0 Å². The zero-order valence-corrected chi connectivity index (χ0v) is 9.92. The first-order chi connectivity index (χ1) is 7.26. The molecule has 1 aromatic carbocycles. The molecule has 0 aliphatic rings.